The number of fused-ring (bicyclic) bond motifs is 1. The predicted octanol–water partition coefficient (Wildman–Crippen LogP) is 2.14. The molecular weight excluding hydrogens is 326 g/mol. The van der Waals surface area contributed by atoms with Gasteiger partial charge in [0, 0.05) is 16.0 Å². The van der Waals surface area contributed by atoms with Crippen molar-refractivity contribution in [3.05, 3.63) is 63.0 Å². The second-order valence-electron chi connectivity index (χ2n) is 6.20. The standard InChI is InChI=1S/C19H18ClNO3/c1-11-14-8-9-16(22)15(10-21(2)3)18(14)24-19(23)17(11)12-4-6-13(20)7-5-12/h4-9,22H,10H2,1-3H3. The van der Waals surface area contributed by atoms with Gasteiger partial charge in [0.05, 0.1) is 19.7 Å². The van der Waals surface area contributed by atoms with E-state index >= 15 is 0 Å². The highest BCUT2D eigenvalue weighted by Gasteiger charge is 2.17. The van der Waals surface area contributed by atoms with Gasteiger partial charge in [0.2, 0.25) is 0 Å². The van der Waals surface area contributed by atoms with E-state index in [4.69, 9.17) is 16.0 Å². The topological polar surface area (TPSA) is 57.7 Å². The molecule has 3 aromatic rings. The van der Waals surface area contributed by atoms with Crippen LogP contribution >= 0.6 is 11.6 Å². The van der Waals surface area contributed by atoms with E-state index in [2.05, 4.69) is 0 Å². The summed E-state index contributed by atoms with van der Waals surface area (Å²) in [5, 5.41) is 13.6. The molecule has 0 saturated heterocycles. The number of quaternary nitrogens is 1. The number of hydrogen-bond acceptors (Lipinski definition) is 3. The molecule has 1 heterocycles. The van der Waals surface area contributed by atoms with Crippen molar-refractivity contribution >= 4 is 22.6 Å². The van der Waals surface area contributed by atoms with Crippen LogP contribution in [0.2, 0.25) is 5.02 Å². The summed E-state index contributed by atoms with van der Waals surface area (Å²) in [4.78, 5) is 13.7. The van der Waals surface area contributed by atoms with Crippen LogP contribution in [0.3, 0.4) is 0 Å². The van der Waals surface area contributed by atoms with E-state index in [1.165, 1.54) is 0 Å². The molecule has 0 aliphatic heterocycles. The number of halogens is 1. The third-order valence-corrected chi connectivity index (χ3v) is 4.31. The summed E-state index contributed by atoms with van der Waals surface area (Å²) >= 11 is 5.92. The fourth-order valence-corrected chi connectivity index (χ4v) is 3.05. The summed E-state index contributed by atoms with van der Waals surface area (Å²) in [5.74, 6) is -0.106. The Kier molecular flexibility index (Phi) is 4.35. The van der Waals surface area contributed by atoms with Crippen molar-refractivity contribution in [1.82, 2.24) is 0 Å². The van der Waals surface area contributed by atoms with Gasteiger partial charge >= 0.3 is 5.63 Å². The minimum atomic E-state index is -0.442. The van der Waals surface area contributed by atoms with Crippen LogP contribution in [0, 0.1) is 6.92 Å². The number of hydrogen-bond donors (Lipinski definition) is 1. The van der Waals surface area contributed by atoms with Crippen molar-refractivity contribution in [2.45, 2.75) is 13.5 Å². The average Bonchev–Trinajstić information content (AvgIpc) is 2.52. The van der Waals surface area contributed by atoms with E-state index in [0.717, 1.165) is 21.4 Å². The molecule has 0 atom stereocenters. The molecule has 1 N–H and O–H groups in total. The molecule has 5 heteroatoms. The van der Waals surface area contributed by atoms with Crippen molar-refractivity contribution in [3.8, 4) is 16.9 Å². The molecular formula is C19H18ClNO3. The van der Waals surface area contributed by atoms with Crippen LogP contribution in [0.25, 0.3) is 22.1 Å². The van der Waals surface area contributed by atoms with Crippen LogP contribution in [0.1, 0.15) is 11.1 Å². The average molecular weight is 344 g/mol. The number of aryl methyl sites for hydroxylation is 1. The number of nitrogens with one attached hydrogen (secondary N) is 1. The Labute approximate surface area is 144 Å². The summed E-state index contributed by atoms with van der Waals surface area (Å²) in [6.07, 6.45) is 0. The Morgan fingerprint density at radius 3 is 2.42 bits per heavy atom. The highest BCUT2D eigenvalue weighted by molar-refractivity contribution is 6.30. The lowest BCUT2D eigenvalue weighted by molar-refractivity contribution is -0.872. The lowest BCUT2D eigenvalue weighted by Gasteiger charge is -2.18. The Morgan fingerprint density at radius 1 is 1.12 bits per heavy atom. The summed E-state index contributed by atoms with van der Waals surface area (Å²) in [6, 6.07) is 10.3. The van der Waals surface area contributed by atoms with Gasteiger partial charge in [0.15, 0.2) is 0 Å². The first kappa shape index (κ1) is 16.6. The summed E-state index contributed by atoms with van der Waals surface area (Å²) in [6.45, 7) is 2.37. The van der Waals surface area contributed by atoms with E-state index in [9.17, 15) is 9.90 Å². The molecule has 4 nitrogen and oxygen atoms in total. The highest BCUT2D eigenvalue weighted by atomic mass is 35.5. The van der Waals surface area contributed by atoms with E-state index < -0.39 is 5.63 Å². The van der Waals surface area contributed by atoms with Crippen molar-refractivity contribution in [2.24, 2.45) is 0 Å². The number of benzene rings is 2. The maximum absolute atomic E-state index is 12.6. The van der Waals surface area contributed by atoms with Gasteiger partial charge in [0.1, 0.15) is 12.1 Å². The smallest absolute Gasteiger partial charge is 0.344 e. The molecule has 0 aliphatic carbocycles. The summed E-state index contributed by atoms with van der Waals surface area (Å²) in [7, 11) is 3.90. The second kappa shape index (κ2) is 6.30. The van der Waals surface area contributed by atoms with Gasteiger partial charge in [-0.2, -0.15) is 0 Å². The molecule has 0 unspecified atom stereocenters. The van der Waals surface area contributed by atoms with E-state index in [-0.39, 0.29) is 5.75 Å². The molecule has 0 aliphatic rings. The fourth-order valence-electron chi connectivity index (χ4n) is 2.92. The van der Waals surface area contributed by atoms with E-state index in [1.54, 1.807) is 36.4 Å². The lowest BCUT2D eigenvalue weighted by atomic mass is 9.98. The van der Waals surface area contributed by atoms with E-state index in [0.29, 0.717) is 28.3 Å². The Bertz CT molecular complexity index is 959. The van der Waals surface area contributed by atoms with Gasteiger partial charge in [-0.1, -0.05) is 41.6 Å². The maximum Gasteiger partial charge on any atom is 0.344 e. The molecule has 0 radical (unpaired) electrons. The van der Waals surface area contributed by atoms with Gasteiger partial charge < -0.3 is 14.4 Å². The number of rotatable bonds is 3. The minimum absolute atomic E-state index is 0.106. The third kappa shape index (κ3) is 2.90. The zero-order chi connectivity index (χ0) is 17.4. The van der Waals surface area contributed by atoms with Crippen LogP contribution in [0.15, 0.2) is 45.6 Å². The van der Waals surface area contributed by atoms with Gasteiger partial charge in [-0.15, -0.1) is 0 Å². The van der Waals surface area contributed by atoms with Gasteiger partial charge in [0.25, 0.3) is 0 Å². The first-order valence-electron chi connectivity index (χ1n) is 7.69. The molecule has 124 valence electrons. The molecule has 0 bridgehead atoms. The summed E-state index contributed by atoms with van der Waals surface area (Å²) < 4.78 is 5.57. The zero-order valence-electron chi connectivity index (χ0n) is 13.8. The third-order valence-electron chi connectivity index (χ3n) is 4.06. The maximum atomic E-state index is 12.6. The van der Waals surface area contributed by atoms with E-state index in [1.807, 2.05) is 21.0 Å². The quantitative estimate of drug-likeness (QED) is 0.741. The molecule has 2 aromatic carbocycles. The molecule has 0 fully saturated rings. The van der Waals surface area contributed by atoms with Crippen LogP contribution in [-0.2, 0) is 6.54 Å². The van der Waals surface area contributed by atoms with Gasteiger partial charge in [-0.05, 0) is 30.2 Å². The first-order chi connectivity index (χ1) is 11.4. The first-order valence-corrected chi connectivity index (χ1v) is 8.07. The van der Waals surface area contributed by atoms with Crippen LogP contribution < -0.4 is 15.6 Å². The fraction of sp³-hybridized carbons (Fsp3) is 0.211. The van der Waals surface area contributed by atoms with Crippen molar-refractivity contribution < 1.29 is 14.4 Å². The van der Waals surface area contributed by atoms with Crippen LogP contribution in [0.5, 0.6) is 5.75 Å². The van der Waals surface area contributed by atoms with Crippen molar-refractivity contribution in [3.63, 3.8) is 0 Å². The monoisotopic (exact) mass is 343 g/mol. The Morgan fingerprint density at radius 2 is 1.79 bits per heavy atom. The Balaban J connectivity index is 2.31. The van der Waals surface area contributed by atoms with Gasteiger partial charge in [-0.3, -0.25) is 0 Å². The molecule has 24 heavy (non-hydrogen) atoms. The predicted molar refractivity (Wildman–Crippen MR) is 93.6 cm³/mol. The molecule has 0 spiro atoms. The zero-order valence-corrected chi connectivity index (χ0v) is 14.5. The van der Waals surface area contributed by atoms with Crippen LogP contribution in [0.4, 0.5) is 0 Å². The van der Waals surface area contributed by atoms with Crippen molar-refractivity contribution in [1.29, 1.82) is 0 Å². The van der Waals surface area contributed by atoms with Crippen molar-refractivity contribution in [2.75, 3.05) is 14.1 Å². The summed E-state index contributed by atoms with van der Waals surface area (Å²) in [5.41, 5.74) is 2.54. The highest BCUT2D eigenvalue weighted by Crippen LogP contribution is 2.31. The minimum Gasteiger partial charge on any atom is -0.872 e. The SMILES string of the molecule is Cc1c(-c2ccc(Cl)cc2)c(=O)oc2c(C[NH+](C)C)c([O-])ccc12. The molecule has 0 amide bonds. The molecule has 3 rings (SSSR count). The molecule has 0 saturated carbocycles. The largest absolute Gasteiger partial charge is 0.872 e. The second-order valence-corrected chi connectivity index (χ2v) is 6.64. The van der Waals surface area contributed by atoms with Gasteiger partial charge in [-0.25, -0.2) is 4.79 Å². The Hall–Kier alpha value is -2.30. The van der Waals surface area contributed by atoms with Crippen LogP contribution in [-0.4, -0.2) is 14.1 Å². The normalized spacial score (nSPS) is 11.4. The molecule has 1 aromatic heterocycles. The lowest BCUT2D eigenvalue weighted by Crippen LogP contribution is -3.04.